The van der Waals surface area contributed by atoms with E-state index in [9.17, 15) is 14.4 Å². The number of halogens is 1. The van der Waals surface area contributed by atoms with Gasteiger partial charge in [0, 0.05) is 31.2 Å². The molecule has 0 saturated heterocycles. The summed E-state index contributed by atoms with van der Waals surface area (Å²) >= 11 is 6.23. The molecular weight excluding hydrogens is 570 g/mol. The van der Waals surface area contributed by atoms with E-state index in [1.165, 1.54) is 23.1 Å². The number of nitrogens with one attached hydrogen (secondary N) is 3. The Morgan fingerprint density at radius 1 is 0.811 bits per heavy atom. The van der Waals surface area contributed by atoms with E-state index in [4.69, 9.17) is 0 Å². The fraction of sp³-hybridized carbons (Fsp3) is 0.0357. The summed E-state index contributed by atoms with van der Waals surface area (Å²) in [5.41, 5.74) is 1.90. The van der Waals surface area contributed by atoms with Crippen LogP contribution < -0.4 is 16.0 Å². The first-order valence-electron chi connectivity index (χ1n) is 11.2. The average molecular weight is 593 g/mol. The van der Waals surface area contributed by atoms with Gasteiger partial charge in [-0.3, -0.25) is 14.4 Å². The Kier molecular flexibility index (Phi) is 9.31. The van der Waals surface area contributed by atoms with E-state index in [0.717, 1.165) is 19.9 Å². The van der Waals surface area contributed by atoms with E-state index in [1.54, 1.807) is 42.5 Å². The maximum atomic E-state index is 13.0. The second kappa shape index (κ2) is 13.0. The summed E-state index contributed by atoms with van der Waals surface area (Å²) in [6.45, 7) is 0. The zero-order chi connectivity index (χ0) is 26.0. The van der Waals surface area contributed by atoms with Crippen molar-refractivity contribution in [1.82, 2.24) is 5.32 Å². The zero-order valence-electron chi connectivity index (χ0n) is 19.4. The van der Waals surface area contributed by atoms with Crippen molar-refractivity contribution in [1.29, 1.82) is 0 Å². The predicted octanol–water partition coefficient (Wildman–Crippen LogP) is 6.65. The van der Waals surface area contributed by atoms with E-state index in [-0.39, 0.29) is 23.3 Å². The van der Waals surface area contributed by atoms with Gasteiger partial charge in [-0.15, -0.1) is 23.1 Å². The minimum Gasteiger partial charge on any atom is -0.325 e. The van der Waals surface area contributed by atoms with Crippen molar-refractivity contribution < 1.29 is 14.4 Å². The minimum atomic E-state index is -0.438. The van der Waals surface area contributed by atoms with Crippen LogP contribution in [-0.4, -0.2) is 23.5 Å². The van der Waals surface area contributed by atoms with E-state index in [1.807, 2.05) is 60.0 Å². The second-order valence-electron chi connectivity index (χ2n) is 7.72. The van der Waals surface area contributed by atoms with Crippen molar-refractivity contribution >= 4 is 74.2 Å². The van der Waals surface area contributed by atoms with Gasteiger partial charge in [0.15, 0.2) is 0 Å². The van der Waals surface area contributed by atoms with Crippen LogP contribution in [0.5, 0.6) is 0 Å². The first kappa shape index (κ1) is 26.4. The topological polar surface area (TPSA) is 87.3 Å². The molecule has 4 aromatic rings. The smallest absolute Gasteiger partial charge is 0.272 e. The van der Waals surface area contributed by atoms with Gasteiger partial charge in [0.1, 0.15) is 5.70 Å². The Hall–Kier alpha value is -3.66. The molecule has 3 aromatic carbocycles. The van der Waals surface area contributed by atoms with Gasteiger partial charge in [0.05, 0.1) is 5.75 Å². The van der Waals surface area contributed by atoms with Gasteiger partial charge in [-0.1, -0.05) is 40.2 Å². The van der Waals surface area contributed by atoms with Gasteiger partial charge in [-0.25, -0.2) is 0 Å². The molecule has 0 bridgehead atoms. The van der Waals surface area contributed by atoms with E-state index in [2.05, 4.69) is 31.9 Å². The lowest BCUT2D eigenvalue weighted by atomic mass is 10.2. The molecule has 0 aliphatic heterocycles. The molecule has 6 nitrogen and oxygen atoms in total. The Balaban J connectivity index is 1.36. The molecular formula is C28H22BrN3O3S2. The normalized spacial score (nSPS) is 11.0. The molecule has 0 spiro atoms. The Morgan fingerprint density at radius 3 is 2.16 bits per heavy atom. The standard InChI is InChI=1S/C28H22BrN3O3S2/c29-20-8-10-21(11-9-20)30-26(33)18-37-23-14-12-22(13-15-23)31-28(35)25(17-24-7-4-16-36-24)32-27(34)19-5-2-1-3-6-19/h1-17H,18H2,(H,30,33)(H,31,35)(H,32,34)/b25-17-. The van der Waals surface area contributed by atoms with Crippen LogP contribution >= 0.6 is 39.0 Å². The number of rotatable bonds is 9. The summed E-state index contributed by atoms with van der Waals surface area (Å²) in [4.78, 5) is 39.7. The molecule has 9 heteroatoms. The highest BCUT2D eigenvalue weighted by atomic mass is 79.9. The molecule has 0 saturated carbocycles. The number of carbonyl (C=O) groups is 3. The molecule has 0 atom stereocenters. The average Bonchev–Trinajstić information content (AvgIpc) is 3.43. The van der Waals surface area contributed by atoms with Gasteiger partial charge < -0.3 is 16.0 Å². The van der Waals surface area contributed by atoms with Crippen molar-refractivity contribution in [2.75, 3.05) is 16.4 Å². The SMILES string of the molecule is O=C(CSc1ccc(NC(=O)/C(=C/c2cccs2)NC(=O)c2ccccc2)cc1)Nc1ccc(Br)cc1. The maximum absolute atomic E-state index is 13.0. The van der Waals surface area contributed by atoms with E-state index < -0.39 is 5.91 Å². The minimum absolute atomic E-state index is 0.109. The number of amides is 3. The van der Waals surface area contributed by atoms with Crippen LogP contribution in [0.1, 0.15) is 15.2 Å². The largest absolute Gasteiger partial charge is 0.325 e. The zero-order valence-corrected chi connectivity index (χ0v) is 22.7. The van der Waals surface area contributed by atoms with Crippen LogP contribution in [0.25, 0.3) is 6.08 Å². The summed E-state index contributed by atoms with van der Waals surface area (Å²) in [6, 6.07) is 27.0. The van der Waals surface area contributed by atoms with Gasteiger partial charge in [0.2, 0.25) is 5.91 Å². The molecule has 0 radical (unpaired) electrons. The van der Waals surface area contributed by atoms with Gasteiger partial charge in [-0.2, -0.15) is 0 Å². The molecule has 0 aliphatic carbocycles. The Bertz CT molecular complexity index is 1390. The summed E-state index contributed by atoms with van der Waals surface area (Å²) in [5, 5.41) is 10.3. The van der Waals surface area contributed by atoms with Crippen molar-refractivity contribution in [3.05, 3.63) is 117 Å². The summed E-state index contributed by atoms with van der Waals surface area (Å²) in [6.07, 6.45) is 1.65. The monoisotopic (exact) mass is 591 g/mol. The van der Waals surface area contributed by atoms with Crippen LogP contribution in [0.4, 0.5) is 11.4 Å². The van der Waals surface area contributed by atoms with E-state index >= 15 is 0 Å². The highest BCUT2D eigenvalue weighted by Gasteiger charge is 2.15. The molecule has 4 rings (SSSR count). The summed E-state index contributed by atoms with van der Waals surface area (Å²) < 4.78 is 0.944. The van der Waals surface area contributed by atoms with Crippen LogP contribution in [0.3, 0.4) is 0 Å². The van der Waals surface area contributed by atoms with Crippen LogP contribution in [0.15, 0.2) is 111 Å². The highest BCUT2D eigenvalue weighted by molar-refractivity contribution is 9.10. The van der Waals surface area contributed by atoms with Crippen molar-refractivity contribution in [2.24, 2.45) is 0 Å². The van der Waals surface area contributed by atoms with Crippen LogP contribution in [0.2, 0.25) is 0 Å². The third-order valence-electron chi connectivity index (χ3n) is 4.97. The molecule has 0 aliphatic rings. The molecule has 186 valence electrons. The van der Waals surface area contributed by atoms with E-state index in [0.29, 0.717) is 11.3 Å². The Labute approximate surface area is 231 Å². The van der Waals surface area contributed by atoms with Crippen LogP contribution in [-0.2, 0) is 9.59 Å². The number of hydrogen-bond acceptors (Lipinski definition) is 5. The molecule has 1 aromatic heterocycles. The van der Waals surface area contributed by atoms with Crippen molar-refractivity contribution in [2.45, 2.75) is 4.90 Å². The number of thioether (sulfide) groups is 1. The number of carbonyl (C=O) groups excluding carboxylic acids is 3. The number of hydrogen-bond donors (Lipinski definition) is 3. The number of benzene rings is 3. The molecule has 37 heavy (non-hydrogen) atoms. The lowest BCUT2D eigenvalue weighted by molar-refractivity contribution is -0.114. The first-order chi connectivity index (χ1) is 18.0. The molecule has 0 fully saturated rings. The summed E-state index contributed by atoms with van der Waals surface area (Å²) in [7, 11) is 0. The molecule has 3 N–H and O–H groups in total. The van der Waals surface area contributed by atoms with Gasteiger partial charge >= 0.3 is 0 Å². The third kappa shape index (κ3) is 8.18. The Morgan fingerprint density at radius 2 is 1.49 bits per heavy atom. The maximum Gasteiger partial charge on any atom is 0.272 e. The van der Waals surface area contributed by atoms with Crippen molar-refractivity contribution in [3.8, 4) is 0 Å². The van der Waals surface area contributed by atoms with Gasteiger partial charge in [-0.05, 0) is 78.2 Å². The number of anilines is 2. The lowest BCUT2D eigenvalue weighted by Gasteiger charge is -2.11. The first-order valence-corrected chi connectivity index (χ1v) is 13.8. The fourth-order valence-electron chi connectivity index (χ4n) is 3.17. The predicted molar refractivity (Wildman–Crippen MR) is 155 cm³/mol. The fourth-order valence-corrected chi connectivity index (χ4v) is 4.79. The third-order valence-corrected chi connectivity index (χ3v) is 7.33. The summed E-state index contributed by atoms with van der Waals surface area (Å²) in [5.74, 6) is -0.665. The second-order valence-corrected chi connectivity index (χ2v) is 10.7. The lowest BCUT2D eigenvalue weighted by Crippen LogP contribution is -2.30. The highest BCUT2D eigenvalue weighted by Crippen LogP contribution is 2.22. The molecule has 1 heterocycles. The van der Waals surface area contributed by atoms with Crippen molar-refractivity contribution in [3.63, 3.8) is 0 Å². The molecule has 0 unspecified atom stereocenters. The quantitative estimate of drug-likeness (QED) is 0.150. The molecule has 3 amide bonds. The number of thiophene rings is 1. The van der Waals surface area contributed by atoms with Gasteiger partial charge in [0.25, 0.3) is 11.8 Å². The van der Waals surface area contributed by atoms with Crippen LogP contribution in [0, 0.1) is 0 Å².